The van der Waals surface area contributed by atoms with E-state index in [4.69, 9.17) is 4.74 Å². The van der Waals surface area contributed by atoms with Crippen LogP contribution in [0, 0.1) is 20.8 Å². The molecule has 2 aromatic rings. The molecule has 0 fully saturated rings. The van der Waals surface area contributed by atoms with Crippen LogP contribution in [0.15, 0.2) is 18.3 Å². The van der Waals surface area contributed by atoms with Gasteiger partial charge in [-0.1, -0.05) is 0 Å². The lowest BCUT2D eigenvalue weighted by Crippen LogP contribution is -2.27. The number of pyridine rings is 1. The third kappa shape index (κ3) is 3.39. The van der Waals surface area contributed by atoms with Gasteiger partial charge in [0.2, 0.25) is 5.88 Å². The van der Waals surface area contributed by atoms with E-state index in [-0.39, 0.29) is 5.91 Å². The lowest BCUT2D eigenvalue weighted by atomic mass is 10.2. The van der Waals surface area contributed by atoms with Crippen molar-refractivity contribution < 1.29 is 9.53 Å². The first-order chi connectivity index (χ1) is 10.0. The van der Waals surface area contributed by atoms with Crippen LogP contribution in [-0.4, -0.2) is 34.3 Å². The molecule has 0 unspecified atom stereocenters. The van der Waals surface area contributed by atoms with Gasteiger partial charge in [-0.3, -0.25) is 9.48 Å². The van der Waals surface area contributed by atoms with Gasteiger partial charge in [-0.05, 0) is 32.4 Å². The van der Waals surface area contributed by atoms with E-state index in [0.29, 0.717) is 24.5 Å². The van der Waals surface area contributed by atoms with Crippen LogP contribution in [0.3, 0.4) is 0 Å². The van der Waals surface area contributed by atoms with Gasteiger partial charge in [0.25, 0.3) is 5.91 Å². The van der Waals surface area contributed by atoms with E-state index < -0.39 is 0 Å². The third-order valence-electron chi connectivity index (χ3n) is 3.56. The Bertz CT molecular complexity index is 632. The van der Waals surface area contributed by atoms with Gasteiger partial charge in [0.1, 0.15) is 0 Å². The maximum absolute atomic E-state index is 12.0. The number of ether oxygens (including phenoxy) is 1. The number of aromatic nitrogens is 3. The fraction of sp³-hybridized carbons (Fsp3) is 0.400. The van der Waals surface area contributed by atoms with E-state index in [2.05, 4.69) is 22.3 Å². The Balaban J connectivity index is 1.90. The zero-order chi connectivity index (χ0) is 15.4. The average molecular weight is 288 g/mol. The summed E-state index contributed by atoms with van der Waals surface area (Å²) in [4.78, 5) is 16.0. The first-order valence-corrected chi connectivity index (χ1v) is 6.81. The summed E-state index contributed by atoms with van der Waals surface area (Å²) < 4.78 is 6.87. The van der Waals surface area contributed by atoms with Crippen molar-refractivity contribution in [1.82, 2.24) is 20.1 Å². The lowest BCUT2D eigenvalue weighted by Gasteiger charge is -2.07. The number of hydrogen-bond acceptors (Lipinski definition) is 4. The van der Waals surface area contributed by atoms with E-state index >= 15 is 0 Å². The van der Waals surface area contributed by atoms with Crippen LogP contribution in [0.2, 0.25) is 0 Å². The Morgan fingerprint density at radius 2 is 2.10 bits per heavy atom. The molecule has 21 heavy (non-hydrogen) atoms. The van der Waals surface area contributed by atoms with E-state index in [1.54, 1.807) is 19.2 Å². The molecule has 1 amide bonds. The van der Waals surface area contributed by atoms with Crippen LogP contribution in [0.25, 0.3) is 0 Å². The molecule has 0 aliphatic heterocycles. The topological polar surface area (TPSA) is 69.0 Å². The molecule has 0 saturated carbocycles. The Hall–Kier alpha value is -2.37. The van der Waals surface area contributed by atoms with Gasteiger partial charge in [0.05, 0.1) is 24.9 Å². The summed E-state index contributed by atoms with van der Waals surface area (Å²) in [6.07, 6.45) is 1.50. The minimum atomic E-state index is -0.150. The maximum atomic E-state index is 12.0. The fourth-order valence-electron chi connectivity index (χ4n) is 2.02. The van der Waals surface area contributed by atoms with E-state index in [9.17, 15) is 4.79 Å². The third-order valence-corrected chi connectivity index (χ3v) is 3.56. The highest BCUT2D eigenvalue weighted by Crippen LogP contribution is 2.10. The number of nitrogens with zero attached hydrogens (tertiary/aromatic N) is 3. The van der Waals surface area contributed by atoms with Crippen molar-refractivity contribution in [3.63, 3.8) is 0 Å². The zero-order valence-corrected chi connectivity index (χ0v) is 12.8. The fourth-order valence-corrected chi connectivity index (χ4v) is 2.02. The van der Waals surface area contributed by atoms with Gasteiger partial charge in [-0.15, -0.1) is 0 Å². The first-order valence-electron chi connectivity index (χ1n) is 6.81. The quantitative estimate of drug-likeness (QED) is 0.908. The number of aryl methyl sites for hydroxylation is 1. The van der Waals surface area contributed by atoms with Crippen molar-refractivity contribution in [2.24, 2.45) is 0 Å². The van der Waals surface area contributed by atoms with E-state index in [0.717, 1.165) is 11.4 Å². The highest BCUT2D eigenvalue weighted by molar-refractivity contribution is 5.93. The van der Waals surface area contributed by atoms with Crippen molar-refractivity contribution in [2.45, 2.75) is 27.3 Å². The SMILES string of the molecule is COc1ccc(C(=O)NCCn2nc(C)c(C)c2C)cn1. The zero-order valence-electron chi connectivity index (χ0n) is 12.8. The monoisotopic (exact) mass is 288 g/mol. The van der Waals surface area contributed by atoms with Gasteiger partial charge in [-0.2, -0.15) is 5.10 Å². The minimum absolute atomic E-state index is 0.150. The summed E-state index contributed by atoms with van der Waals surface area (Å²) in [6.45, 7) is 7.24. The van der Waals surface area contributed by atoms with E-state index in [1.807, 2.05) is 18.5 Å². The summed E-state index contributed by atoms with van der Waals surface area (Å²) in [7, 11) is 1.54. The van der Waals surface area contributed by atoms with Crippen molar-refractivity contribution >= 4 is 5.91 Å². The molecule has 0 spiro atoms. The highest BCUT2D eigenvalue weighted by Gasteiger charge is 2.09. The molecule has 2 aromatic heterocycles. The molecule has 6 heteroatoms. The predicted octanol–water partition coefficient (Wildman–Crippen LogP) is 1.64. The Morgan fingerprint density at radius 1 is 1.33 bits per heavy atom. The molecule has 0 aliphatic rings. The Morgan fingerprint density at radius 3 is 2.62 bits per heavy atom. The van der Waals surface area contributed by atoms with Crippen molar-refractivity contribution in [3.05, 3.63) is 40.8 Å². The van der Waals surface area contributed by atoms with Gasteiger partial charge in [0, 0.05) is 24.5 Å². The second kappa shape index (κ2) is 6.39. The van der Waals surface area contributed by atoms with Gasteiger partial charge in [0.15, 0.2) is 0 Å². The summed E-state index contributed by atoms with van der Waals surface area (Å²) in [5.41, 5.74) is 3.87. The first kappa shape index (κ1) is 15.0. The number of hydrogen-bond donors (Lipinski definition) is 1. The van der Waals surface area contributed by atoms with Crippen LogP contribution in [-0.2, 0) is 6.54 Å². The largest absolute Gasteiger partial charge is 0.481 e. The maximum Gasteiger partial charge on any atom is 0.252 e. The van der Waals surface area contributed by atoms with Crippen LogP contribution in [0.4, 0.5) is 0 Å². The standard InChI is InChI=1S/C15H20N4O2/c1-10-11(2)18-19(12(10)3)8-7-16-15(20)13-5-6-14(21-4)17-9-13/h5-6,9H,7-8H2,1-4H3,(H,16,20). The number of rotatable bonds is 5. The lowest BCUT2D eigenvalue weighted by molar-refractivity contribution is 0.0951. The Labute approximate surface area is 124 Å². The molecule has 0 saturated heterocycles. The van der Waals surface area contributed by atoms with Crippen LogP contribution in [0.1, 0.15) is 27.3 Å². The second-order valence-electron chi connectivity index (χ2n) is 4.86. The summed E-state index contributed by atoms with van der Waals surface area (Å²) in [6, 6.07) is 3.36. The number of carbonyl (C=O) groups is 1. The van der Waals surface area contributed by atoms with Gasteiger partial charge >= 0.3 is 0 Å². The molecule has 2 rings (SSSR count). The summed E-state index contributed by atoms with van der Waals surface area (Å²) in [5.74, 6) is 0.341. The molecular formula is C15H20N4O2. The van der Waals surface area contributed by atoms with Gasteiger partial charge in [-0.25, -0.2) is 4.98 Å². The number of methoxy groups -OCH3 is 1. The summed E-state index contributed by atoms with van der Waals surface area (Å²) >= 11 is 0. The molecule has 0 aromatic carbocycles. The molecule has 0 aliphatic carbocycles. The average Bonchev–Trinajstić information content (AvgIpc) is 2.74. The normalized spacial score (nSPS) is 10.5. The molecule has 6 nitrogen and oxygen atoms in total. The van der Waals surface area contributed by atoms with Crippen molar-refractivity contribution in [1.29, 1.82) is 0 Å². The van der Waals surface area contributed by atoms with Crippen molar-refractivity contribution in [3.8, 4) is 5.88 Å². The van der Waals surface area contributed by atoms with Crippen LogP contribution < -0.4 is 10.1 Å². The van der Waals surface area contributed by atoms with Crippen LogP contribution in [0.5, 0.6) is 5.88 Å². The van der Waals surface area contributed by atoms with Crippen molar-refractivity contribution in [2.75, 3.05) is 13.7 Å². The highest BCUT2D eigenvalue weighted by atomic mass is 16.5. The molecule has 1 N–H and O–H groups in total. The molecule has 2 heterocycles. The summed E-state index contributed by atoms with van der Waals surface area (Å²) in [5, 5.41) is 7.30. The van der Waals surface area contributed by atoms with E-state index in [1.165, 1.54) is 11.8 Å². The number of nitrogens with one attached hydrogen (secondary N) is 1. The predicted molar refractivity (Wildman–Crippen MR) is 79.6 cm³/mol. The molecule has 112 valence electrons. The Kier molecular flexibility index (Phi) is 4.57. The second-order valence-corrected chi connectivity index (χ2v) is 4.86. The van der Waals surface area contributed by atoms with Gasteiger partial charge < -0.3 is 10.1 Å². The number of carbonyl (C=O) groups excluding carboxylic acids is 1. The minimum Gasteiger partial charge on any atom is -0.481 e. The molecule has 0 bridgehead atoms. The van der Waals surface area contributed by atoms with Crippen LogP contribution >= 0.6 is 0 Å². The molecule has 0 radical (unpaired) electrons. The molecular weight excluding hydrogens is 268 g/mol. The molecule has 0 atom stereocenters. The smallest absolute Gasteiger partial charge is 0.252 e. The number of amides is 1.